The van der Waals surface area contributed by atoms with Crippen LogP contribution in [-0.4, -0.2) is 77.2 Å². The number of fused-ring (bicyclic) bond motifs is 1. The fourth-order valence-corrected chi connectivity index (χ4v) is 2.80. The van der Waals surface area contributed by atoms with Crippen molar-refractivity contribution in [3.63, 3.8) is 0 Å². The van der Waals surface area contributed by atoms with Gasteiger partial charge in [0, 0.05) is 25.0 Å². The molecule has 0 saturated carbocycles. The van der Waals surface area contributed by atoms with E-state index in [1.807, 2.05) is 0 Å². The van der Waals surface area contributed by atoms with Gasteiger partial charge in [0.05, 0.1) is 25.9 Å². The Kier molecular flexibility index (Phi) is 4.43. The number of urea groups is 1. The number of allylic oxidation sites excluding steroid dienone is 1. The topological polar surface area (TPSA) is 111 Å². The molecular weight excluding hydrogens is 376 g/mol. The van der Waals surface area contributed by atoms with Crippen LogP contribution in [0.3, 0.4) is 0 Å². The van der Waals surface area contributed by atoms with Gasteiger partial charge in [0.1, 0.15) is 5.75 Å². The second-order valence-electron chi connectivity index (χ2n) is 6.17. The van der Waals surface area contributed by atoms with Gasteiger partial charge < -0.3 is 15.2 Å². The van der Waals surface area contributed by atoms with Crippen molar-refractivity contribution in [3.8, 4) is 5.75 Å². The summed E-state index contributed by atoms with van der Waals surface area (Å²) in [5.41, 5.74) is 1.08. The van der Waals surface area contributed by atoms with E-state index >= 15 is 0 Å². The smallest absolute Gasteiger partial charge is 0.484 e. The molecule has 0 unspecified atom stereocenters. The number of ether oxygens (including phenoxy) is 1. The summed E-state index contributed by atoms with van der Waals surface area (Å²) in [7, 11) is 1.38. The molecule has 2 aliphatic heterocycles. The second kappa shape index (κ2) is 8.78. The average molecular weight is 409 g/mol. The van der Waals surface area contributed by atoms with E-state index < -0.39 is 31.7 Å². The molecule has 2 N–H and O–H groups in total. The van der Waals surface area contributed by atoms with Gasteiger partial charge in [-0.2, -0.15) is 14.3 Å². The first-order valence-corrected chi connectivity index (χ1v) is 8.74. The number of nitrogens with one attached hydrogen (secondary N) is 1. The number of amides is 4. The fraction of sp³-hybridized carbons (Fsp3) is 0.350. The van der Waals surface area contributed by atoms with Crippen molar-refractivity contribution >= 4 is 35.0 Å². The van der Waals surface area contributed by atoms with Gasteiger partial charge in [0.2, 0.25) is 5.71 Å². The lowest BCUT2D eigenvalue weighted by atomic mass is 10.1. The molecule has 0 aliphatic carbocycles. The van der Waals surface area contributed by atoms with Crippen LogP contribution in [0.15, 0.2) is 35.3 Å². The summed E-state index contributed by atoms with van der Waals surface area (Å²) in [6, 6.07) is 5.62. The first-order valence-electron chi connectivity index (χ1n) is 11.2. The Bertz CT molecular complexity index is 1110. The maximum atomic E-state index is 12.9. The van der Waals surface area contributed by atoms with Gasteiger partial charge in [0.15, 0.2) is 12.3 Å². The number of nitrogens with zero attached hydrogens (tertiary/aromatic N) is 3. The van der Waals surface area contributed by atoms with E-state index in [2.05, 4.69) is 10.3 Å². The summed E-state index contributed by atoms with van der Waals surface area (Å²) >= 11 is 0. The largest absolute Gasteiger partial charge is 0.501 e. The highest BCUT2D eigenvalue weighted by atomic mass is 16.5. The van der Waals surface area contributed by atoms with E-state index in [1.165, 1.54) is 13.1 Å². The maximum Gasteiger partial charge on any atom is 0.501 e. The number of aliphatic hydroxyl groups is 1. The highest BCUT2D eigenvalue weighted by Gasteiger charge is 2.45. The Hall–Kier alpha value is -3.33. The molecule has 0 atom stereocenters. The van der Waals surface area contributed by atoms with E-state index in [4.69, 9.17) is 16.7 Å². The standard InChI is InChI=1S/C20H22N4O5/c1-3-9-24-19(27)18-16(23(2)20(24)28)11-15(22-18)13-4-6-14(7-5-13)29-12-17(26)21-8-10-25/h4-7,11,25H,3,8-10,12H2,1-2H3/p+1/i1T3,3T2. The van der Waals surface area contributed by atoms with E-state index in [-0.39, 0.29) is 37.1 Å². The van der Waals surface area contributed by atoms with Crippen LogP contribution in [0.4, 0.5) is 4.79 Å². The molecule has 0 aromatic heterocycles. The van der Waals surface area contributed by atoms with Crippen LogP contribution in [0.1, 0.15) is 25.6 Å². The zero-order valence-corrected chi connectivity index (χ0v) is 15.6. The molecule has 0 fully saturated rings. The number of rotatable bonds is 8. The van der Waals surface area contributed by atoms with Crippen molar-refractivity contribution in [1.82, 2.24) is 10.2 Å². The van der Waals surface area contributed by atoms with Crippen LogP contribution in [0, 0.1) is 0 Å². The van der Waals surface area contributed by atoms with Gasteiger partial charge in [-0.3, -0.25) is 4.79 Å². The van der Waals surface area contributed by atoms with Crippen LogP contribution in [0.5, 0.6) is 5.75 Å². The predicted molar refractivity (Wildman–Crippen MR) is 106 cm³/mol. The zero-order valence-electron chi connectivity index (χ0n) is 20.6. The minimum absolute atomic E-state index is 0.0978. The fourth-order valence-electron chi connectivity index (χ4n) is 2.80. The normalized spacial score (nSPS) is 19.4. The molecule has 0 radical (unpaired) electrons. The van der Waals surface area contributed by atoms with Gasteiger partial charge in [0.25, 0.3) is 5.91 Å². The van der Waals surface area contributed by atoms with E-state index in [0.29, 0.717) is 21.9 Å². The van der Waals surface area contributed by atoms with Crippen LogP contribution in [-0.2, 0) is 9.59 Å². The third-order valence-electron chi connectivity index (χ3n) is 4.27. The molecule has 1 aromatic carbocycles. The second-order valence-corrected chi connectivity index (χ2v) is 6.17. The van der Waals surface area contributed by atoms with Crippen molar-refractivity contribution in [2.45, 2.75) is 13.2 Å². The third kappa shape index (κ3) is 4.24. The SMILES string of the molecule is [3H]C([3H])([3H])C([3H])([3H])CN1C(=O)C2=NC(c3ccc(OCC(=O)NCCO)cc3)=CC2=[N+](C)C1=O. The predicted octanol–water partition coefficient (Wildman–Crippen LogP) is 0.425. The Morgan fingerprint density at radius 2 is 2.14 bits per heavy atom. The number of benzene rings is 1. The summed E-state index contributed by atoms with van der Waals surface area (Å²) in [4.78, 5) is 42.0. The van der Waals surface area contributed by atoms with Crippen molar-refractivity contribution < 1.29 is 35.7 Å². The molecule has 9 heteroatoms. The van der Waals surface area contributed by atoms with Gasteiger partial charge in [-0.1, -0.05) is 6.85 Å². The minimum atomic E-state index is -3.03. The first kappa shape index (κ1) is 14.6. The van der Waals surface area contributed by atoms with Gasteiger partial charge in [-0.15, -0.1) is 0 Å². The van der Waals surface area contributed by atoms with Crippen LogP contribution in [0.2, 0.25) is 0 Å². The lowest BCUT2D eigenvalue weighted by molar-refractivity contribution is -0.400. The lowest BCUT2D eigenvalue weighted by Crippen LogP contribution is -2.53. The van der Waals surface area contributed by atoms with E-state index in [0.717, 1.165) is 4.58 Å². The van der Waals surface area contributed by atoms with Crippen LogP contribution < -0.4 is 10.1 Å². The third-order valence-corrected chi connectivity index (χ3v) is 4.27. The van der Waals surface area contributed by atoms with E-state index in [1.54, 1.807) is 24.3 Å². The van der Waals surface area contributed by atoms with Crippen molar-refractivity contribution in [1.29, 1.82) is 0 Å². The van der Waals surface area contributed by atoms with Gasteiger partial charge in [-0.05, 0) is 30.6 Å². The Labute approximate surface area is 175 Å². The summed E-state index contributed by atoms with van der Waals surface area (Å²) in [5.74, 6) is -0.867. The highest BCUT2D eigenvalue weighted by molar-refractivity contribution is 6.72. The van der Waals surface area contributed by atoms with Crippen molar-refractivity contribution in [2.24, 2.45) is 4.99 Å². The van der Waals surface area contributed by atoms with Crippen LogP contribution >= 0.6 is 0 Å². The number of aliphatic imine (C=N–C) groups is 1. The monoisotopic (exact) mass is 409 g/mol. The average Bonchev–Trinajstić information content (AvgIpc) is 3.23. The molecule has 1 aromatic rings. The highest BCUT2D eigenvalue weighted by Crippen LogP contribution is 2.25. The first-order chi connectivity index (χ1) is 15.9. The molecule has 4 amide bonds. The summed E-state index contributed by atoms with van der Waals surface area (Å²) in [6.45, 7) is -4.25. The molecule has 9 nitrogen and oxygen atoms in total. The van der Waals surface area contributed by atoms with Crippen LogP contribution in [0.25, 0.3) is 5.70 Å². The Balaban J connectivity index is 1.78. The molecule has 3 rings (SSSR count). The van der Waals surface area contributed by atoms with E-state index in [9.17, 15) is 14.4 Å². The Morgan fingerprint density at radius 3 is 2.83 bits per heavy atom. The zero-order chi connectivity index (χ0) is 25.3. The number of imide groups is 1. The quantitative estimate of drug-likeness (QED) is 0.605. The Morgan fingerprint density at radius 1 is 1.38 bits per heavy atom. The molecule has 0 bridgehead atoms. The summed E-state index contributed by atoms with van der Waals surface area (Å²) in [5, 5.41) is 11.2. The number of carbonyl (C=O) groups excluding carboxylic acids is 3. The van der Waals surface area contributed by atoms with Crippen molar-refractivity contribution in [3.05, 3.63) is 35.9 Å². The van der Waals surface area contributed by atoms with Gasteiger partial charge >= 0.3 is 11.9 Å². The maximum absolute atomic E-state index is 12.9. The molecule has 2 heterocycles. The number of carbonyl (C=O) groups is 3. The van der Waals surface area contributed by atoms with Gasteiger partial charge in [-0.25, -0.2) is 9.79 Å². The number of hydrogen-bond acceptors (Lipinski definition) is 6. The minimum Gasteiger partial charge on any atom is -0.484 e. The molecule has 2 aliphatic rings. The molecule has 29 heavy (non-hydrogen) atoms. The summed E-state index contributed by atoms with van der Waals surface area (Å²) < 4.78 is 44.0. The van der Waals surface area contributed by atoms with Crippen molar-refractivity contribution in [2.75, 3.05) is 33.4 Å². The number of hydrogen-bond donors (Lipinski definition) is 2. The lowest BCUT2D eigenvalue weighted by Gasteiger charge is -2.18. The molecule has 0 spiro atoms. The molecule has 152 valence electrons. The number of aliphatic hydroxyl groups excluding tert-OH is 1. The molecular formula is C20H23N4O5+. The summed E-state index contributed by atoms with van der Waals surface area (Å²) in [6.07, 6.45) is -1.27. The molecule has 0 saturated heterocycles.